The zero-order valence-electron chi connectivity index (χ0n) is 9.08. The van der Waals surface area contributed by atoms with Crippen molar-refractivity contribution in [3.63, 3.8) is 0 Å². The minimum Gasteiger partial charge on any atom is -0.318 e. The van der Waals surface area contributed by atoms with Gasteiger partial charge in [-0.25, -0.2) is 4.98 Å². The average molecular weight is 241 g/mol. The van der Waals surface area contributed by atoms with Gasteiger partial charge in [0.1, 0.15) is 5.01 Å². The van der Waals surface area contributed by atoms with E-state index < -0.39 is 0 Å². The predicted molar refractivity (Wildman–Crippen MR) is 69.9 cm³/mol. The standard InChI is InChI=1S/C13H11N3S/c14-11(13-16-7-8-17-13)10-5-1-3-9-4-2-6-15-12(9)10/h1-8,11H,14H2. The Morgan fingerprint density at radius 2 is 1.94 bits per heavy atom. The SMILES string of the molecule is NC(c1nccs1)c1cccc2cccnc12. The molecule has 0 fully saturated rings. The van der Waals surface area contributed by atoms with Crippen LogP contribution in [0.15, 0.2) is 48.1 Å². The molecule has 1 unspecified atom stereocenters. The lowest BCUT2D eigenvalue weighted by molar-refractivity contribution is 0.863. The first-order valence-electron chi connectivity index (χ1n) is 5.35. The number of thiazole rings is 1. The summed E-state index contributed by atoms with van der Waals surface area (Å²) in [5.41, 5.74) is 8.22. The number of pyridine rings is 1. The van der Waals surface area contributed by atoms with Crippen LogP contribution >= 0.6 is 11.3 Å². The summed E-state index contributed by atoms with van der Waals surface area (Å²) in [7, 11) is 0. The molecule has 0 saturated heterocycles. The number of nitrogens with zero attached hydrogens (tertiary/aromatic N) is 2. The van der Waals surface area contributed by atoms with Crippen LogP contribution in [0.5, 0.6) is 0 Å². The van der Waals surface area contributed by atoms with Crippen molar-refractivity contribution >= 4 is 22.2 Å². The van der Waals surface area contributed by atoms with Crippen LogP contribution in [0, 0.1) is 0 Å². The number of benzene rings is 1. The molecule has 4 heteroatoms. The molecular formula is C13H11N3S. The second kappa shape index (κ2) is 4.24. The Kier molecular flexibility index (Phi) is 2.59. The molecule has 0 radical (unpaired) electrons. The number of rotatable bonds is 2. The van der Waals surface area contributed by atoms with Gasteiger partial charge in [0.25, 0.3) is 0 Å². The fourth-order valence-corrected chi connectivity index (χ4v) is 2.56. The van der Waals surface area contributed by atoms with Gasteiger partial charge in [-0.05, 0) is 6.07 Å². The summed E-state index contributed by atoms with van der Waals surface area (Å²) in [5.74, 6) is 0. The molecule has 1 aromatic carbocycles. The van der Waals surface area contributed by atoms with Gasteiger partial charge >= 0.3 is 0 Å². The van der Waals surface area contributed by atoms with Crippen molar-refractivity contribution in [2.45, 2.75) is 6.04 Å². The highest BCUT2D eigenvalue weighted by molar-refractivity contribution is 7.09. The van der Waals surface area contributed by atoms with Crippen LogP contribution in [0.25, 0.3) is 10.9 Å². The van der Waals surface area contributed by atoms with Crippen molar-refractivity contribution in [1.29, 1.82) is 0 Å². The van der Waals surface area contributed by atoms with Crippen molar-refractivity contribution in [3.05, 3.63) is 58.7 Å². The summed E-state index contributed by atoms with van der Waals surface area (Å²) in [6.07, 6.45) is 3.57. The highest BCUT2D eigenvalue weighted by Gasteiger charge is 2.14. The zero-order chi connectivity index (χ0) is 11.7. The van der Waals surface area contributed by atoms with Gasteiger partial charge in [0.2, 0.25) is 0 Å². The van der Waals surface area contributed by atoms with Crippen LogP contribution in [0.3, 0.4) is 0 Å². The van der Waals surface area contributed by atoms with Crippen molar-refractivity contribution in [2.24, 2.45) is 5.73 Å². The van der Waals surface area contributed by atoms with Gasteiger partial charge in [-0.1, -0.05) is 24.3 Å². The van der Waals surface area contributed by atoms with E-state index in [2.05, 4.69) is 9.97 Å². The van der Waals surface area contributed by atoms with Gasteiger partial charge in [0.05, 0.1) is 11.6 Å². The molecule has 17 heavy (non-hydrogen) atoms. The Bertz CT molecular complexity index is 629. The monoisotopic (exact) mass is 241 g/mol. The molecular weight excluding hydrogens is 230 g/mol. The smallest absolute Gasteiger partial charge is 0.114 e. The number of para-hydroxylation sites is 1. The topological polar surface area (TPSA) is 51.8 Å². The van der Waals surface area contributed by atoms with E-state index in [-0.39, 0.29) is 6.04 Å². The summed E-state index contributed by atoms with van der Waals surface area (Å²) in [6.45, 7) is 0. The van der Waals surface area contributed by atoms with Crippen molar-refractivity contribution in [1.82, 2.24) is 9.97 Å². The van der Waals surface area contributed by atoms with Crippen molar-refractivity contribution < 1.29 is 0 Å². The van der Waals surface area contributed by atoms with Gasteiger partial charge in [0, 0.05) is 28.7 Å². The lowest BCUT2D eigenvalue weighted by Crippen LogP contribution is -2.12. The highest BCUT2D eigenvalue weighted by atomic mass is 32.1. The predicted octanol–water partition coefficient (Wildman–Crippen LogP) is 2.74. The quantitative estimate of drug-likeness (QED) is 0.750. The molecule has 84 valence electrons. The number of hydrogen-bond donors (Lipinski definition) is 1. The number of nitrogens with two attached hydrogens (primary N) is 1. The van der Waals surface area contributed by atoms with E-state index in [1.807, 2.05) is 35.7 Å². The van der Waals surface area contributed by atoms with Crippen LogP contribution in [0.4, 0.5) is 0 Å². The molecule has 0 saturated carbocycles. The Balaban J connectivity index is 2.17. The molecule has 0 aliphatic carbocycles. The summed E-state index contributed by atoms with van der Waals surface area (Å²) in [6, 6.07) is 9.84. The van der Waals surface area contributed by atoms with Gasteiger partial charge in [-0.3, -0.25) is 4.98 Å². The maximum atomic E-state index is 6.23. The minimum absolute atomic E-state index is 0.200. The van der Waals surface area contributed by atoms with Crippen LogP contribution < -0.4 is 5.73 Å². The van der Waals surface area contributed by atoms with E-state index in [0.717, 1.165) is 21.5 Å². The number of fused-ring (bicyclic) bond motifs is 1. The molecule has 3 nitrogen and oxygen atoms in total. The Hall–Kier alpha value is -1.78. The van der Waals surface area contributed by atoms with Gasteiger partial charge in [-0.2, -0.15) is 0 Å². The second-order valence-electron chi connectivity index (χ2n) is 3.77. The first-order chi connectivity index (χ1) is 8.36. The molecule has 2 aromatic heterocycles. The highest BCUT2D eigenvalue weighted by Crippen LogP contribution is 2.26. The third-order valence-electron chi connectivity index (χ3n) is 2.72. The van der Waals surface area contributed by atoms with E-state index in [1.54, 1.807) is 23.7 Å². The molecule has 0 spiro atoms. The van der Waals surface area contributed by atoms with Crippen LogP contribution in [0.1, 0.15) is 16.6 Å². The van der Waals surface area contributed by atoms with Gasteiger partial charge in [0.15, 0.2) is 0 Å². The second-order valence-corrected chi connectivity index (χ2v) is 4.70. The Labute approximate surface area is 103 Å². The lowest BCUT2D eigenvalue weighted by Gasteiger charge is -2.11. The molecule has 1 atom stereocenters. The molecule has 3 aromatic rings. The van der Waals surface area contributed by atoms with Crippen molar-refractivity contribution in [3.8, 4) is 0 Å². The van der Waals surface area contributed by atoms with Gasteiger partial charge in [-0.15, -0.1) is 11.3 Å². The molecule has 2 heterocycles. The first kappa shape index (κ1) is 10.4. The molecule has 0 aliphatic rings. The fraction of sp³-hybridized carbons (Fsp3) is 0.0769. The maximum Gasteiger partial charge on any atom is 0.114 e. The Morgan fingerprint density at radius 1 is 1.06 bits per heavy atom. The third-order valence-corrected chi connectivity index (χ3v) is 3.58. The summed E-state index contributed by atoms with van der Waals surface area (Å²) >= 11 is 1.57. The summed E-state index contributed by atoms with van der Waals surface area (Å²) in [4.78, 5) is 8.67. The number of hydrogen-bond acceptors (Lipinski definition) is 4. The van der Waals surface area contributed by atoms with Crippen LogP contribution in [-0.2, 0) is 0 Å². The normalized spacial score (nSPS) is 12.8. The number of aromatic nitrogens is 2. The first-order valence-corrected chi connectivity index (χ1v) is 6.23. The third kappa shape index (κ3) is 1.81. The maximum absolute atomic E-state index is 6.23. The van der Waals surface area contributed by atoms with Crippen LogP contribution in [0.2, 0.25) is 0 Å². The summed E-state index contributed by atoms with van der Waals surface area (Å²) in [5, 5.41) is 3.97. The minimum atomic E-state index is -0.200. The lowest BCUT2D eigenvalue weighted by atomic mass is 10.0. The molecule has 0 amide bonds. The zero-order valence-corrected chi connectivity index (χ0v) is 9.89. The van der Waals surface area contributed by atoms with Crippen molar-refractivity contribution in [2.75, 3.05) is 0 Å². The van der Waals surface area contributed by atoms with E-state index in [9.17, 15) is 0 Å². The fourth-order valence-electron chi connectivity index (χ4n) is 1.90. The molecule has 0 bridgehead atoms. The van der Waals surface area contributed by atoms with E-state index in [4.69, 9.17) is 5.73 Å². The average Bonchev–Trinajstić information content (AvgIpc) is 2.91. The Morgan fingerprint density at radius 3 is 2.76 bits per heavy atom. The van der Waals surface area contributed by atoms with E-state index in [1.165, 1.54) is 0 Å². The largest absolute Gasteiger partial charge is 0.318 e. The molecule has 2 N–H and O–H groups in total. The van der Waals surface area contributed by atoms with Gasteiger partial charge < -0.3 is 5.73 Å². The molecule has 0 aliphatic heterocycles. The van der Waals surface area contributed by atoms with E-state index >= 15 is 0 Å². The van der Waals surface area contributed by atoms with Crippen LogP contribution in [-0.4, -0.2) is 9.97 Å². The van der Waals surface area contributed by atoms with E-state index in [0.29, 0.717) is 0 Å². The summed E-state index contributed by atoms with van der Waals surface area (Å²) < 4.78 is 0. The molecule has 3 rings (SSSR count).